The van der Waals surface area contributed by atoms with Crippen molar-refractivity contribution >= 4 is 27.7 Å². The number of nitrogens with zero attached hydrogens (tertiary/aromatic N) is 2. The van der Waals surface area contributed by atoms with Crippen LogP contribution in [0.4, 0.5) is 0 Å². The summed E-state index contributed by atoms with van der Waals surface area (Å²) in [7, 11) is -0.964. The zero-order valence-corrected chi connectivity index (χ0v) is 19.0. The van der Waals surface area contributed by atoms with Gasteiger partial charge in [-0.25, -0.2) is 22.9 Å². The second kappa shape index (κ2) is 9.43. The van der Waals surface area contributed by atoms with Crippen molar-refractivity contribution in [2.45, 2.75) is 45.2 Å². The van der Waals surface area contributed by atoms with E-state index >= 15 is 0 Å². The zero-order chi connectivity index (χ0) is 23.5. The standard InChI is InChI=1S/C19H26N4O7S/c1-10-16(19(26)29-6)11(2)21-17(10)18(25)12(3)30-15(24)7-8-20-31(27,28)14-9-23(5)13(4)22-14/h9,12,20-21H,7-8H2,1-6H3. The number of Topliss-reactive ketones (excluding diaryl/α,β-unsaturated/α-hetero) is 1. The maximum absolute atomic E-state index is 12.6. The van der Waals surface area contributed by atoms with E-state index in [2.05, 4.69) is 14.7 Å². The molecule has 2 aromatic heterocycles. The molecule has 0 bridgehead atoms. The van der Waals surface area contributed by atoms with Crippen molar-refractivity contribution in [2.24, 2.45) is 7.05 Å². The number of aryl methyl sites for hydroxylation is 3. The number of H-pyrrole nitrogens is 1. The van der Waals surface area contributed by atoms with Crippen LogP contribution >= 0.6 is 0 Å². The van der Waals surface area contributed by atoms with Crippen LogP contribution in [0.1, 0.15) is 51.3 Å². The third-order valence-corrected chi connectivity index (χ3v) is 6.07. The fraction of sp³-hybridized carbons (Fsp3) is 0.474. The van der Waals surface area contributed by atoms with Crippen molar-refractivity contribution in [1.29, 1.82) is 0 Å². The van der Waals surface area contributed by atoms with Crippen LogP contribution in [0.25, 0.3) is 0 Å². The normalized spacial score (nSPS) is 12.5. The van der Waals surface area contributed by atoms with E-state index in [1.807, 2.05) is 0 Å². The number of hydrogen-bond donors (Lipinski definition) is 2. The van der Waals surface area contributed by atoms with E-state index in [1.54, 1.807) is 32.4 Å². The van der Waals surface area contributed by atoms with Gasteiger partial charge in [0.25, 0.3) is 10.0 Å². The van der Waals surface area contributed by atoms with E-state index in [9.17, 15) is 22.8 Å². The Morgan fingerprint density at radius 2 is 1.90 bits per heavy atom. The summed E-state index contributed by atoms with van der Waals surface area (Å²) in [5, 5.41) is -0.150. The number of nitrogens with one attached hydrogen (secondary N) is 2. The van der Waals surface area contributed by atoms with Gasteiger partial charge in [0.1, 0.15) is 5.82 Å². The molecule has 0 saturated heterocycles. The fourth-order valence-corrected chi connectivity index (χ4v) is 4.00. The Hall–Kier alpha value is -2.99. The highest BCUT2D eigenvalue weighted by atomic mass is 32.2. The lowest BCUT2D eigenvalue weighted by atomic mass is 10.1. The number of carbonyl (C=O) groups is 3. The summed E-state index contributed by atoms with van der Waals surface area (Å²) >= 11 is 0. The van der Waals surface area contributed by atoms with Gasteiger partial charge in [0, 0.05) is 25.5 Å². The van der Waals surface area contributed by atoms with Crippen LogP contribution in [0.15, 0.2) is 11.2 Å². The number of ether oxygens (including phenoxy) is 2. The maximum atomic E-state index is 12.6. The van der Waals surface area contributed by atoms with E-state index in [0.29, 0.717) is 17.1 Å². The monoisotopic (exact) mass is 454 g/mol. The molecule has 0 aliphatic carbocycles. The summed E-state index contributed by atoms with van der Waals surface area (Å²) in [6, 6.07) is 0. The van der Waals surface area contributed by atoms with Gasteiger partial charge in [-0.2, -0.15) is 0 Å². The van der Waals surface area contributed by atoms with Crippen LogP contribution in [-0.2, 0) is 31.3 Å². The minimum Gasteiger partial charge on any atom is -0.465 e. The van der Waals surface area contributed by atoms with Gasteiger partial charge in [0.15, 0.2) is 11.1 Å². The molecule has 170 valence electrons. The fourth-order valence-electron chi connectivity index (χ4n) is 2.93. The smallest absolute Gasteiger partial charge is 0.339 e. The molecule has 2 N–H and O–H groups in total. The number of esters is 2. The molecule has 2 aromatic rings. The molecule has 0 aliphatic heterocycles. The Morgan fingerprint density at radius 3 is 2.45 bits per heavy atom. The molecule has 2 heterocycles. The molecule has 0 amide bonds. The molecule has 0 fully saturated rings. The summed E-state index contributed by atoms with van der Waals surface area (Å²) in [5.74, 6) is -1.33. The quantitative estimate of drug-likeness (QED) is 0.420. The molecule has 2 rings (SSSR count). The summed E-state index contributed by atoms with van der Waals surface area (Å²) in [5.41, 5.74) is 1.26. The van der Waals surface area contributed by atoms with Crippen molar-refractivity contribution in [2.75, 3.05) is 13.7 Å². The number of aromatic nitrogens is 3. The summed E-state index contributed by atoms with van der Waals surface area (Å²) in [6.07, 6.45) is -0.0523. The van der Waals surface area contributed by atoms with Gasteiger partial charge in [0.2, 0.25) is 5.78 Å². The molecule has 0 radical (unpaired) electrons. The second-order valence-corrected chi connectivity index (χ2v) is 8.71. The molecule has 0 spiro atoms. The average Bonchev–Trinajstić information content (AvgIpc) is 3.19. The van der Waals surface area contributed by atoms with E-state index in [1.165, 1.54) is 20.2 Å². The lowest BCUT2D eigenvalue weighted by Crippen LogP contribution is -2.30. The third-order valence-electron chi connectivity index (χ3n) is 4.73. The van der Waals surface area contributed by atoms with Crippen LogP contribution in [0.5, 0.6) is 0 Å². The molecule has 0 aliphatic rings. The molecular formula is C19H26N4O7S. The number of rotatable bonds is 9. The minimum absolute atomic E-state index is 0.143. The summed E-state index contributed by atoms with van der Waals surface area (Å²) < 4.78 is 38.1. The van der Waals surface area contributed by atoms with E-state index in [4.69, 9.17) is 9.47 Å². The van der Waals surface area contributed by atoms with Crippen LogP contribution in [-0.4, -0.2) is 60.4 Å². The van der Waals surface area contributed by atoms with Gasteiger partial charge in [-0.05, 0) is 33.3 Å². The zero-order valence-electron chi connectivity index (χ0n) is 18.2. The maximum Gasteiger partial charge on any atom is 0.339 e. The Balaban J connectivity index is 1.95. The number of hydrogen-bond acceptors (Lipinski definition) is 8. The van der Waals surface area contributed by atoms with Crippen LogP contribution in [0.2, 0.25) is 0 Å². The van der Waals surface area contributed by atoms with E-state index in [-0.39, 0.29) is 29.2 Å². The van der Waals surface area contributed by atoms with Crippen molar-refractivity contribution in [3.05, 3.63) is 34.5 Å². The molecule has 11 nitrogen and oxygen atoms in total. The van der Waals surface area contributed by atoms with Gasteiger partial charge in [0.05, 0.1) is 24.8 Å². The number of imidazole rings is 1. The lowest BCUT2D eigenvalue weighted by Gasteiger charge is -2.12. The van der Waals surface area contributed by atoms with Gasteiger partial charge < -0.3 is 19.0 Å². The predicted molar refractivity (Wildman–Crippen MR) is 109 cm³/mol. The first-order valence-corrected chi connectivity index (χ1v) is 10.9. The van der Waals surface area contributed by atoms with Crippen molar-refractivity contribution < 1.29 is 32.3 Å². The number of carbonyl (C=O) groups excluding carboxylic acids is 3. The first-order chi connectivity index (χ1) is 14.4. The molecule has 0 aromatic carbocycles. The second-order valence-electron chi connectivity index (χ2n) is 7.00. The SMILES string of the molecule is COC(=O)c1c(C)[nH]c(C(=O)C(C)OC(=O)CCNS(=O)(=O)c2cn(C)c(C)n2)c1C. The first-order valence-electron chi connectivity index (χ1n) is 9.39. The highest BCUT2D eigenvalue weighted by molar-refractivity contribution is 7.89. The van der Waals surface area contributed by atoms with Gasteiger partial charge in [-0.1, -0.05) is 0 Å². The molecule has 12 heteroatoms. The van der Waals surface area contributed by atoms with Crippen LogP contribution in [0.3, 0.4) is 0 Å². The molecule has 31 heavy (non-hydrogen) atoms. The number of methoxy groups -OCH3 is 1. The Bertz CT molecular complexity index is 1100. The Labute approximate surface area is 180 Å². The minimum atomic E-state index is -3.87. The van der Waals surface area contributed by atoms with E-state index in [0.717, 1.165) is 0 Å². The largest absolute Gasteiger partial charge is 0.465 e. The number of aromatic amines is 1. The van der Waals surface area contributed by atoms with Crippen LogP contribution < -0.4 is 4.72 Å². The lowest BCUT2D eigenvalue weighted by molar-refractivity contribution is -0.146. The highest BCUT2D eigenvalue weighted by Gasteiger charge is 2.27. The predicted octanol–water partition coefficient (Wildman–Crippen LogP) is 0.943. The topological polar surface area (TPSA) is 149 Å². The van der Waals surface area contributed by atoms with Crippen molar-refractivity contribution in [3.8, 4) is 0 Å². The van der Waals surface area contributed by atoms with Gasteiger partial charge in [-0.15, -0.1) is 0 Å². The molecule has 0 saturated carbocycles. The Kier molecular flexibility index (Phi) is 7.39. The van der Waals surface area contributed by atoms with Crippen LogP contribution in [0, 0.1) is 20.8 Å². The van der Waals surface area contributed by atoms with Gasteiger partial charge in [-0.3, -0.25) is 9.59 Å². The molecular weight excluding hydrogens is 428 g/mol. The summed E-state index contributed by atoms with van der Waals surface area (Å²) in [4.78, 5) is 43.3. The third kappa shape index (κ3) is 5.39. The van der Waals surface area contributed by atoms with Crippen molar-refractivity contribution in [3.63, 3.8) is 0 Å². The van der Waals surface area contributed by atoms with Crippen molar-refractivity contribution in [1.82, 2.24) is 19.3 Å². The number of ketones is 1. The van der Waals surface area contributed by atoms with Gasteiger partial charge >= 0.3 is 11.9 Å². The summed E-state index contributed by atoms with van der Waals surface area (Å²) in [6.45, 7) is 6.06. The average molecular weight is 455 g/mol. The highest BCUT2D eigenvalue weighted by Crippen LogP contribution is 2.21. The number of sulfonamides is 1. The molecule has 1 unspecified atom stereocenters. The van der Waals surface area contributed by atoms with E-state index < -0.39 is 33.8 Å². The Morgan fingerprint density at radius 1 is 1.26 bits per heavy atom. The molecule has 1 atom stereocenters. The first kappa shape index (κ1) is 24.3.